The predicted molar refractivity (Wildman–Crippen MR) is 37.6 cm³/mol. The first-order chi connectivity index (χ1) is 4.84. The number of nitrogens with two attached hydrogens (primary N) is 1. The lowest BCUT2D eigenvalue weighted by Crippen LogP contribution is -2.14. The van der Waals surface area contributed by atoms with E-state index < -0.39 is 0 Å². The molecule has 0 bridgehead atoms. The third-order valence-electron chi connectivity index (χ3n) is 1.14. The van der Waals surface area contributed by atoms with Crippen molar-refractivity contribution in [1.29, 1.82) is 0 Å². The number of pyridine rings is 1. The van der Waals surface area contributed by atoms with Gasteiger partial charge in [0, 0.05) is 6.20 Å². The number of hydrogen-bond donors (Lipinski definition) is 1. The SMILES string of the molecule is NCC(=O)c1ccccn1. The fourth-order valence-electron chi connectivity index (χ4n) is 0.632. The molecule has 0 atom stereocenters. The van der Waals surface area contributed by atoms with E-state index >= 15 is 0 Å². The van der Waals surface area contributed by atoms with Gasteiger partial charge in [-0.2, -0.15) is 0 Å². The standard InChI is InChI=1S/C7H8N2O/c8-5-7(10)6-3-1-2-4-9-6/h1-4H,5,8H2. The van der Waals surface area contributed by atoms with Crippen molar-refractivity contribution < 1.29 is 4.79 Å². The van der Waals surface area contributed by atoms with Crippen molar-refractivity contribution in [1.82, 2.24) is 4.98 Å². The molecule has 0 unspecified atom stereocenters. The van der Waals surface area contributed by atoms with Gasteiger partial charge in [-0.25, -0.2) is 0 Å². The summed E-state index contributed by atoms with van der Waals surface area (Å²) in [7, 11) is 0. The van der Waals surface area contributed by atoms with Crippen LogP contribution in [0.15, 0.2) is 24.4 Å². The summed E-state index contributed by atoms with van der Waals surface area (Å²) < 4.78 is 0. The third-order valence-corrected chi connectivity index (χ3v) is 1.14. The van der Waals surface area contributed by atoms with E-state index in [4.69, 9.17) is 5.73 Å². The Kier molecular flexibility index (Phi) is 2.12. The highest BCUT2D eigenvalue weighted by Gasteiger charge is 2.00. The van der Waals surface area contributed by atoms with Crippen LogP contribution in [0.3, 0.4) is 0 Å². The number of ketones is 1. The van der Waals surface area contributed by atoms with E-state index in [1.807, 2.05) is 0 Å². The molecule has 0 radical (unpaired) electrons. The molecule has 0 spiro atoms. The summed E-state index contributed by atoms with van der Waals surface area (Å²) in [6.07, 6.45) is 1.57. The van der Waals surface area contributed by atoms with Crippen molar-refractivity contribution in [2.24, 2.45) is 5.73 Å². The van der Waals surface area contributed by atoms with Gasteiger partial charge in [0.05, 0.1) is 6.54 Å². The number of rotatable bonds is 2. The molecule has 1 rings (SSSR count). The Morgan fingerprint density at radius 1 is 1.60 bits per heavy atom. The Bertz CT molecular complexity index is 220. The highest BCUT2D eigenvalue weighted by molar-refractivity contribution is 5.95. The maximum absolute atomic E-state index is 10.8. The van der Waals surface area contributed by atoms with Gasteiger partial charge in [-0.15, -0.1) is 0 Å². The van der Waals surface area contributed by atoms with E-state index in [0.717, 1.165) is 0 Å². The molecular formula is C7H8N2O. The molecule has 0 aromatic carbocycles. The van der Waals surface area contributed by atoms with Gasteiger partial charge in [0.15, 0.2) is 5.78 Å². The molecule has 3 heteroatoms. The maximum atomic E-state index is 10.8. The van der Waals surface area contributed by atoms with E-state index in [1.54, 1.807) is 24.4 Å². The maximum Gasteiger partial charge on any atom is 0.194 e. The summed E-state index contributed by atoms with van der Waals surface area (Å²) in [6, 6.07) is 5.17. The normalized spacial score (nSPS) is 9.30. The van der Waals surface area contributed by atoms with Gasteiger partial charge < -0.3 is 5.73 Å². The fourth-order valence-corrected chi connectivity index (χ4v) is 0.632. The molecule has 2 N–H and O–H groups in total. The van der Waals surface area contributed by atoms with Crippen LogP contribution in [-0.2, 0) is 0 Å². The van der Waals surface area contributed by atoms with Crippen LogP contribution >= 0.6 is 0 Å². The van der Waals surface area contributed by atoms with Crippen LogP contribution in [0.4, 0.5) is 0 Å². The Hall–Kier alpha value is -1.22. The van der Waals surface area contributed by atoms with E-state index in [0.29, 0.717) is 5.69 Å². The van der Waals surface area contributed by atoms with Crippen molar-refractivity contribution in [3.05, 3.63) is 30.1 Å². The molecular weight excluding hydrogens is 128 g/mol. The van der Waals surface area contributed by atoms with Crippen LogP contribution in [0, 0.1) is 0 Å². The van der Waals surface area contributed by atoms with E-state index in [9.17, 15) is 4.79 Å². The second-order valence-electron chi connectivity index (χ2n) is 1.84. The van der Waals surface area contributed by atoms with E-state index in [-0.39, 0.29) is 12.3 Å². The highest BCUT2D eigenvalue weighted by atomic mass is 16.1. The zero-order chi connectivity index (χ0) is 7.40. The lowest BCUT2D eigenvalue weighted by molar-refractivity contribution is 0.0996. The van der Waals surface area contributed by atoms with Crippen LogP contribution < -0.4 is 5.73 Å². The fraction of sp³-hybridized carbons (Fsp3) is 0.143. The van der Waals surface area contributed by atoms with Gasteiger partial charge in [-0.1, -0.05) is 6.07 Å². The van der Waals surface area contributed by atoms with Gasteiger partial charge in [0.25, 0.3) is 0 Å². The minimum atomic E-state index is -0.124. The lowest BCUT2D eigenvalue weighted by atomic mass is 10.2. The van der Waals surface area contributed by atoms with Crippen molar-refractivity contribution in [3.63, 3.8) is 0 Å². The largest absolute Gasteiger partial charge is 0.324 e. The highest BCUT2D eigenvalue weighted by Crippen LogP contribution is 1.92. The quantitative estimate of drug-likeness (QED) is 0.592. The smallest absolute Gasteiger partial charge is 0.194 e. The average molecular weight is 136 g/mol. The summed E-state index contributed by atoms with van der Waals surface area (Å²) in [5.41, 5.74) is 5.55. The van der Waals surface area contributed by atoms with Crippen molar-refractivity contribution in [2.75, 3.05) is 6.54 Å². The summed E-state index contributed by atoms with van der Waals surface area (Å²) in [5.74, 6) is -0.124. The summed E-state index contributed by atoms with van der Waals surface area (Å²) in [4.78, 5) is 14.6. The molecule has 0 amide bonds. The van der Waals surface area contributed by atoms with Crippen LogP contribution in [0.5, 0.6) is 0 Å². The molecule has 52 valence electrons. The topological polar surface area (TPSA) is 56.0 Å². The summed E-state index contributed by atoms with van der Waals surface area (Å²) >= 11 is 0. The number of carbonyl (C=O) groups excluding carboxylic acids is 1. The summed E-state index contributed by atoms with van der Waals surface area (Å²) in [5, 5.41) is 0. The van der Waals surface area contributed by atoms with Crippen LogP contribution in [0.25, 0.3) is 0 Å². The van der Waals surface area contributed by atoms with Gasteiger partial charge >= 0.3 is 0 Å². The first-order valence-electron chi connectivity index (χ1n) is 2.99. The zero-order valence-electron chi connectivity index (χ0n) is 5.45. The molecule has 1 aromatic heterocycles. The van der Waals surface area contributed by atoms with Crippen molar-refractivity contribution in [3.8, 4) is 0 Å². The van der Waals surface area contributed by atoms with Gasteiger partial charge in [0.2, 0.25) is 0 Å². The number of aromatic nitrogens is 1. The van der Waals surface area contributed by atoms with E-state index in [2.05, 4.69) is 4.98 Å². The van der Waals surface area contributed by atoms with Crippen LogP contribution in [-0.4, -0.2) is 17.3 Å². The minimum absolute atomic E-state index is 0.0248. The molecule has 10 heavy (non-hydrogen) atoms. The van der Waals surface area contributed by atoms with Crippen LogP contribution in [0.2, 0.25) is 0 Å². The molecule has 0 aliphatic heterocycles. The van der Waals surface area contributed by atoms with Gasteiger partial charge in [0.1, 0.15) is 5.69 Å². The average Bonchev–Trinajstić information content (AvgIpc) is 2.05. The van der Waals surface area contributed by atoms with Crippen molar-refractivity contribution >= 4 is 5.78 Å². The molecule has 0 aliphatic rings. The zero-order valence-corrected chi connectivity index (χ0v) is 5.45. The number of carbonyl (C=O) groups is 1. The first kappa shape index (κ1) is 6.89. The van der Waals surface area contributed by atoms with Gasteiger partial charge in [-0.05, 0) is 12.1 Å². The van der Waals surface area contributed by atoms with Gasteiger partial charge in [-0.3, -0.25) is 9.78 Å². The molecule has 0 saturated carbocycles. The molecule has 1 aromatic rings. The number of nitrogens with zero attached hydrogens (tertiary/aromatic N) is 1. The Balaban J connectivity index is 2.85. The second-order valence-corrected chi connectivity index (χ2v) is 1.84. The molecule has 0 saturated heterocycles. The number of hydrogen-bond acceptors (Lipinski definition) is 3. The third kappa shape index (κ3) is 1.39. The minimum Gasteiger partial charge on any atom is -0.324 e. The first-order valence-corrected chi connectivity index (χ1v) is 2.99. The monoisotopic (exact) mass is 136 g/mol. The Morgan fingerprint density at radius 2 is 2.40 bits per heavy atom. The molecule has 3 nitrogen and oxygen atoms in total. The molecule has 0 aliphatic carbocycles. The summed E-state index contributed by atoms with van der Waals surface area (Å²) in [6.45, 7) is 0.0248. The Labute approximate surface area is 58.9 Å². The lowest BCUT2D eigenvalue weighted by Gasteiger charge is -1.92. The molecule has 0 fully saturated rings. The second kappa shape index (κ2) is 3.08. The van der Waals surface area contributed by atoms with Crippen LogP contribution in [0.1, 0.15) is 10.5 Å². The molecule has 1 heterocycles. The van der Waals surface area contributed by atoms with Crippen molar-refractivity contribution in [2.45, 2.75) is 0 Å². The predicted octanol–water partition coefficient (Wildman–Crippen LogP) is 0.223. The van der Waals surface area contributed by atoms with E-state index in [1.165, 1.54) is 0 Å². The Morgan fingerprint density at radius 3 is 2.90 bits per heavy atom. The number of Topliss-reactive ketones (excluding diaryl/α,β-unsaturated/α-hetero) is 1.